The zero-order valence-corrected chi connectivity index (χ0v) is 15.7. The van der Waals surface area contributed by atoms with Crippen LogP contribution in [0.15, 0.2) is 30.3 Å². The minimum absolute atomic E-state index is 0.110. The lowest BCUT2D eigenvalue weighted by Gasteiger charge is -2.44. The van der Waals surface area contributed by atoms with E-state index in [0.29, 0.717) is 16.6 Å². The Bertz CT molecular complexity index is 367. The zero-order valence-electron chi connectivity index (χ0n) is 13.8. The highest BCUT2D eigenvalue weighted by molar-refractivity contribution is 7.80. The Balaban J connectivity index is 3.10. The van der Waals surface area contributed by atoms with Crippen molar-refractivity contribution in [1.29, 1.82) is 0 Å². The van der Waals surface area contributed by atoms with Crippen molar-refractivity contribution in [3.63, 3.8) is 0 Å². The molecule has 0 aliphatic carbocycles. The maximum atomic E-state index is 6.82. The summed E-state index contributed by atoms with van der Waals surface area (Å²) in [6.45, 7) is 14.0. The van der Waals surface area contributed by atoms with Crippen molar-refractivity contribution in [3.05, 3.63) is 35.9 Å². The molecule has 0 amide bonds. The standard InChI is InChI=1S/C17H30OSSi/c1-13(2)20(14(3)4,15(5)6)18-17(12-19)16-10-8-7-9-11-16/h7-11,13-15,17,19H,12H2,1-6H3. The van der Waals surface area contributed by atoms with Crippen LogP contribution in [0, 0.1) is 0 Å². The number of hydrogen-bond donors (Lipinski definition) is 1. The number of thiol groups is 1. The third-order valence-corrected chi connectivity index (χ3v) is 10.8. The lowest BCUT2D eigenvalue weighted by molar-refractivity contribution is 0.199. The van der Waals surface area contributed by atoms with Crippen LogP contribution in [0.25, 0.3) is 0 Å². The maximum absolute atomic E-state index is 6.82. The topological polar surface area (TPSA) is 9.23 Å². The lowest BCUT2D eigenvalue weighted by atomic mass is 10.1. The molecule has 1 atom stereocenters. The predicted molar refractivity (Wildman–Crippen MR) is 95.2 cm³/mol. The molecule has 0 aliphatic heterocycles. The van der Waals surface area contributed by atoms with Gasteiger partial charge in [0.05, 0.1) is 6.10 Å². The summed E-state index contributed by atoms with van der Waals surface area (Å²) in [5, 5.41) is 0. The van der Waals surface area contributed by atoms with Gasteiger partial charge in [0.1, 0.15) is 0 Å². The van der Waals surface area contributed by atoms with Crippen molar-refractivity contribution in [1.82, 2.24) is 0 Å². The van der Waals surface area contributed by atoms with Gasteiger partial charge in [-0.15, -0.1) is 0 Å². The van der Waals surface area contributed by atoms with E-state index in [1.807, 2.05) is 0 Å². The van der Waals surface area contributed by atoms with E-state index in [9.17, 15) is 0 Å². The van der Waals surface area contributed by atoms with E-state index in [2.05, 4.69) is 84.5 Å². The van der Waals surface area contributed by atoms with E-state index in [1.54, 1.807) is 0 Å². The second-order valence-electron chi connectivity index (χ2n) is 6.52. The molecule has 0 bridgehead atoms. The summed E-state index contributed by atoms with van der Waals surface area (Å²) >= 11 is 4.54. The molecule has 114 valence electrons. The molecule has 0 N–H and O–H groups in total. The van der Waals surface area contributed by atoms with Crippen LogP contribution < -0.4 is 0 Å². The van der Waals surface area contributed by atoms with Gasteiger partial charge in [-0.3, -0.25) is 0 Å². The van der Waals surface area contributed by atoms with Crippen LogP contribution in [0.2, 0.25) is 16.6 Å². The first kappa shape index (κ1) is 17.8. The van der Waals surface area contributed by atoms with Crippen LogP contribution in [-0.2, 0) is 4.43 Å². The minimum Gasteiger partial charge on any atom is -0.408 e. The first-order valence-corrected chi connectivity index (χ1v) is 10.5. The fourth-order valence-electron chi connectivity index (χ4n) is 3.53. The van der Waals surface area contributed by atoms with Crippen molar-refractivity contribution in [2.24, 2.45) is 0 Å². The smallest absolute Gasteiger partial charge is 0.201 e. The van der Waals surface area contributed by atoms with E-state index in [-0.39, 0.29) is 6.10 Å². The Hall–Kier alpha value is -0.253. The second-order valence-corrected chi connectivity index (χ2v) is 12.3. The van der Waals surface area contributed by atoms with Crippen molar-refractivity contribution in [2.75, 3.05) is 5.75 Å². The first-order chi connectivity index (χ1) is 9.36. The van der Waals surface area contributed by atoms with Gasteiger partial charge in [0.2, 0.25) is 8.32 Å². The highest BCUT2D eigenvalue weighted by Crippen LogP contribution is 2.45. The van der Waals surface area contributed by atoms with E-state index >= 15 is 0 Å². The van der Waals surface area contributed by atoms with Crippen molar-refractivity contribution < 1.29 is 4.43 Å². The van der Waals surface area contributed by atoms with Crippen LogP contribution in [-0.4, -0.2) is 14.1 Å². The molecule has 0 aliphatic rings. The zero-order chi connectivity index (χ0) is 15.3. The van der Waals surface area contributed by atoms with E-state index < -0.39 is 8.32 Å². The maximum Gasteiger partial charge on any atom is 0.201 e. The third kappa shape index (κ3) is 3.69. The Kier molecular flexibility index (Phi) is 6.82. The van der Waals surface area contributed by atoms with Gasteiger partial charge >= 0.3 is 0 Å². The van der Waals surface area contributed by atoms with Crippen molar-refractivity contribution >= 4 is 20.9 Å². The second kappa shape index (κ2) is 7.67. The van der Waals surface area contributed by atoms with Gasteiger partial charge in [-0.1, -0.05) is 71.9 Å². The molecule has 1 rings (SSSR count). The molecular weight excluding hydrogens is 280 g/mol. The summed E-state index contributed by atoms with van der Waals surface area (Å²) in [6.07, 6.45) is 0.110. The molecule has 1 aromatic carbocycles. The molecule has 1 nitrogen and oxygen atoms in total. The summed E-state index contributed by atoms with van der Waals surface area (Å²) in [6, 6.07) is 10.5. The Labute approximate surface area is 131 Å². The van der Waals surface area contributed by atoms with Gasteiger partial charge in [-0.25, -0.2) is 0 Å². The first-order valence-electron chi connectivity index (χ1n) is 7.69. The summed E-state index contributed by atoms with van der Waals surface area (Å²) in [7, 11) is -1.84. The molecule has 20 heavy (non-hydrogen) atoms. The summed E-state index contributed by atoms with van der Waals surface area (Å²) in [4.78, 5) is 0. The fourth-order valence-corrected chi connectivity index (χ4v) is 9.49. The Morgan fingerprint density at radius 3 is 1.70 bits per heavy atom. The quantitative estimate of drug-likeness (QED) is 0.491. The van der Waals surface area contributed by atoms with E-state index in [0.717, 1.165) is 5.75 Å². The number of rotatable bonds is 7. The van der Waals surface area contributed by atoms with Gasteiger partial charge in [-0.2, -0.15) is 12.6 Å². The largest absolute Gasteiger partial charge is 0.408 e. The molecule has 0 saturated carbocycles. The Morgan fingerprint density at radius 2 is 1.35 bits per heavy atom. The molecular formula is C17H30OSSi. The third-order valence-electron chi connectivity index (χ3n) is 4.39. The molecule has 0 radical (unpaired) electrons. The molecule has 1 unspecified atom stereocenters. The normalized spacial score (nSPS) is 14.3. The molecule has 0 heterocycles. The minimum atomic E-state index is -1.84. The van der Waals surface area contributed by atoms with E-state index in [4.69, 9.17) is 4.43 Å². The Morgan fingerprint density at radius 1 is 0.900 bits per heavy atom. The van der Waals surface area contributed by atoms with Crippen molar-refractivity contribution in [3.8, 4) is 0 Å². The average molecular weight is 311 g/mol. The molecule has 0 spiro atoms. The van der Waals surface area contributed by atoms with Gasteiger partial charge in [-0.05, 0) is 22.2 Å². The predicted octanol–water partition coefficient (Wildman–Crippen LogP) is 5.85. The fraction of sp³-hybridized carbons (Fsp3) is 0.647. The number of hydrogen-bond acceptors (Lipinski definition) is 2. The number of benzene rings is 1. The highest BCUT2D eigenvalue weighted by Gasteiger charge is 2.46. The van der Waals surface area contributed by atoms with Crippen LogP contribution in [0.3, 0.4) is 0 Å². The van der Waals surface area contributed by atoms with Gasteiger partial charge in [0.25, 0.3) is 0 Å². The van der Waals surface area contributed by atoms with Gasteiger partial charge in [0, 0.05) is 5.75 Å². The van der Waals surface area contributed by atoms with Crippen molar-refractivity contribution in [2.45, 2.75) is 64.3 Å². The SMILES string of the molecule is CC(C)[Si](OC(CS)c1ccccc1)(C(C)C)C(C)C. The molecule has 0 saturated heterocycles. The average Bonchev–Trinajstić information content (AvgIpc) is 2.39. The summed E-state index contributed by atoms with van der Waals surface area (Å²) in [5.41, 5.74) is 3.07. The van der Waals surface area contributed by atoms with Crippen LogP contribution in [0.1, 0.15) is 53.2 Å². The summed E-state index contributed by atoms with van der Waals surface area (Å²) < 4.78 is 6.82. The summed E-state index contributed by atoms with van der Waals surface area (Å²) in [5.74, 6) is 0.741. The molecule has 0 fully saturated rings. The molecule has 0 aromatic heterocycles. The van der Waals surface area contributed by atoms with E-state index in [1.165, 1.54) is 5.56 Å². The lowest BCUT2D eigenvalue weighted by Crippen LogP contribution is -2.48. The molecule has 1 aromatic rings. The van der Waals surface area contributed by atoms with Gasteiger partial charge < -0.3 is 4.43 Å². The molecule has 3 heteroatoms. The van der Waals surface area contributed by atoms with Gasteiger partial charge in [0.15, 0.2) is 0 Å². The highest BCUT2D eigenvalue weighted by atomic mass is 32.1. The van der Waals surface area contributed by atoms with Crippen LogP contribution >= 0.6 is 12.6 Å². The monoisotopic (exact) mass is 310 g/mol. The van der Waals surface area contributed by atoms with Crippen LogP contribution in [0.5, 0.6) is 0 Å². The van der Waals surface area contributed by atoms with Crippen LogP contribution in [0.4, 0.5) is 0 Å².